The fourth-order valence-corrected chi connectivity index (χ4v) is 2.30. The number of hydrogen-bond acceptors (Lipinski definition) is 4. The molecule has 1 aliphatic heterocycles. The van der Waals surface area contributed by atoms with E-state index in [0.717, 1.165) is 18.6 Å². The quantitative estimate of drug-likeness (QED) is 0.830. The summed E-state index contributed by atoms with van der Waals surface area (Å²) in [7, 11) is 1.61. The van der Waals surface area contributed by atoms with E-state index in [4.69, 9.17) is 19.3 Å². The normalized spacial score (nSPS) is 17.9. The van der Waals surface area contributed by atoms with Crippen molar-refractivity contribution >= 4 is 5.97 Å². The van der Waals surface area contributed by atoms with E-state index in [1.807, 2.05) is 18.2 Å². The van der Waals surface area contributed by atoms with Crippen LogP contribution < -0.4 is 9.47 Å². The Bertz CT molecular complexity index is 452. The predicted octanol–water partition coefficient (Wildman–Crippen LogP) is 2.27. The Balaban J connectivity index is 2.05. The van der Waals surface area contributed by atoms with Crippen molar-refractivity contribution in [3.05, 3.63) is 23.8 Å². The molecule has 20 heavy (non-hydrogen) atoms. The smallest absolute Gasteiger partial charge is 0.303 e. The Hall–Kier alpha value is -1.75. The first-order valence-electron chi connectivity index (χ1n) is 6.82. The number of methoxy groups -OCH3 is 1. The molecule has 1 heterocycles. The van der Waals surface area contributed by atoms with Gasteiger partial charge in [0.15, 0.2) is 11.5 Å². The van der Waals surface area contributed by atoms with Crippen LogP contribution in [0.15, 0.2) is 18.2 Å². The van der Waals surface area contributed by atoms with Crippen molar-refractivity contribution in [2.24, 2.45) is 0 Å². The van der Waals surface area contributed by atoms with Gasteiger partial charge in [-0.15, -0.1) is 0 Å². The lowest BCUT2D eigenvalue weighted by atomic mass is 10.1. The molecule has 1 aliphatic rings. The fourth-order valence-electron chi connectivity index (χ4n) is 2.30. The molecule has 1 unspecified atom stereocenters. The molecular weight excluding hydrogens is 260 g/mol. The molecule has 0 aromatic heterocycles. The number of rotatable bonds is 7. The molecule has 0 spiro atoms. The highest BCUT2D eigenvalue weighted by Gasteiger charge is 2.20. The Morgan fingerprint density at radius 2 is 2.35 bits per heavy atom. The van der Waals surface area contributed by atoms with Crippen molar-refractivity contribution in [1.82, 2.24) is 0 Å². The van der Waals surface area contributed by atoms with E-state index in [1.54, 1.807) is 7.11 Å². The molecule has 1 aromatic carbocycles. The zero-order chi connectivity index (χ0) is 14.4. The van der Waals surface area contributed by atoms with Gasteiger partial charge in [0.05, 0.1) is 20.3 Å². The SMILES string of the molecule is COc1c(CCCC(=O)O)cccc1OC1CCOC1. The Kier molecular flexibility index (Phi) is 5.24. The van der Waals surface area contributed by atoms with Crippen LogP contribution in [0.25, 0.3) is 0 Å². The maximum absolute atomic E-state index is 10.6. The molecule has 0 amide bonds. The molecule has 5 heteroatoms. The van der Waals surface area contributed by atoms with Gasteiger partial charge in [-0.1, -0.05) is 12.1 Å². The second-order valence-corrected chi connectivity index (χ2v) is 4.80. The second kappa shape index (κ2) is 7.14. The summed E-state index contributed by atoms with van der Waals surface area (Å²) >= 11 is 0. The molecule has 0 radical (unpaired) electrons. The van der Waals surface area contributed by atoms with Crippen molar-refractivity contribution in [3.63, 3.8) is 0 Å². The van der Waals surface area contributed by atoms with E-state index in [2.05, 4.69) is 0 Å². The summed E-state index contributed by atoms with van der Waals surface area (Å²) in [5.41, 5.74) is 0.977. The van der Waals surface area contributed by atoms with Crippen LogP contribution in [0.3, 0.4) is 0 Å². The van der Waals surface area contributed by atoms with Crippen LogP contribution in [-0.4, -0.2) is 37.5 Å². The van der Waals surface area contributed by atoms with Gasteiger partial charge >= 0.3 is 5.97 Å². The van der Waals surface area contributed by atoms with Crippen molar-refractivity contribution in [2.75, 3.05) is 20.3 Å². The van der Waals surface area contributed by atoms with Crippen LogP contribution in [0, 0.1) is 0 Å². The molecular formula is C15H20O5. The predicted molar refractivity (Wildman–Crippen MR) is 73.4 cm³/mol. The van der Waals surface area contributed by atoms with Crippen molar-refractivity contribution in [2.45, 2.75) is 31.8 Å². The molecule has 0 bridgehead atoms. The number of ether oxygens (including phenoxy) is 3. The van der Waals surface area contributed by atoms with Gasteiger partial charge in [0, 0.05) is 12.8 Å². The molecule has 0 aliphatic carbocycles. The van der Waals surface area contributed by atoms with Gasteiger partial charge in [0.25, 0.3) is 0 Å². The lowest BCUT2D eigenvalue weighted by molar-refractivity contribution is -0.137. The number of aryl methyl sites for hydroxylation is 1. The van der Waals surface area contributed by atoms with Crippen LogP contribution in [0.4, 0.5) is 0 Å². The molecule has 2 rings (SSSR count). The molecule has 5 nitrogen and oxygen atoms in total. The van der Waals surface area contributed by atoms with Gasteiger partial charge in [0.2, 0.25) is 0 Å². The lowest BCUT2D eigenvalue weighted by Crippen LogP contribution is -2.16. The first-order valence-corrected chi connectivity index (χ1v) is 6.82. The van der Waals surface area contributed by atoms with Crippen LogP contribution in [0.5, 0.6) is 11.5 Å². The van der Waals surface area contributed by atoms with Crippen molar-refractivity contribution in [1.29, 1.82) is 0 Å². The third-order valence-corrected chi connectivity index (χ3v) is 3.28. The maximum Gasteiger partial charge on any atom is 0.303 e. The van der Waals surface area contributed by atoms with E-state index < -0.39 is 5.97 Å². The van der Waals surface area contributed by atoms with E-state index in [9.17, 15) is 4.79 Å². The highest BCUT2D eigenvalue weighted by atomic mass is 16.6. The third-order valence-electron chi connectivity index (χ3n) is 3.28. The summed E-state index contributed by atoms with van der Waals surface area (Å²) in [6.07, 6.45) is 2.35. The molecule has 1 atom stereocenters. The molecule has 1 aromatic rings. The highest BCUT2D eigenvalue weighted by Crippen LogP contribution is 2.33. The summed E-state index contributed by atoms with van der Waals surface area (Å²) in [6, 6.07) is 5.72. The van der Waals surface area contributed by atoms with E-state index in [0.29, 0.717) is 30.9 Å². The minimum atomic E-state index is -0.778. The van der Waals surface area contributed by atoms with Crippen LogP contribution >= 0.6 is 0 Å². The largest absolute Gasteiger partial charge is 0.493 e. The van der Waals surface area contributed by atoms with Gasteiger partial charge in [0.1, 0.15) is 6.10 Å². The van der Waals surface area contributed by atoms with Crippen LogP contribution in [0.2, 0.25) is 0 Å². The Labute approximate surface area is 118 Å². The zero-order valence-corrected chi connectivity index (χ0v) is 11.6. The summed E-state index contributed by atoms with van der Waals surface area (Å²) < 4.78 is 16.6. The standard InChI is InChI=1S/C15H20O5/c1-18-15-11(5-3-7-14(16)17)4-2-6-13(15)20-12-8-9-19-10-12/h2,4,6,12H,3,5,7-10H2,1H3,(H,16,17). The fraction of sp³-hybridized carbons (Fsp3) is 0.533. The molecule has 1 fully saturated rings. The number of carboxylic acids is 1. The number of aliphatic carboxylic acids is 1. The second-order valence-electron chi connectivity index (χ2n) is 4.80. The number of carboxylic acid groups (broad SMARTS) is 1. The summed E-state index contributed by atoms with van der Waals surface area (Å²) in [6.45, 7) is 1.33. The van der Waals surface area contributed by atoms with Gasteiger partial charge in [-0.05, 0) is 24.5 Å². The molecule has 1 N–H and O–H groups in total. The van der Waals surface area contributed by atoms with E-state index in [1.165, 1.54) is 0 Å². The average molecular weight is 280 g/mol. The minimum absolute atomic E-state index is 0.0677. The Morgan fingerprint density at radius 1 is 1.50 bits per heavy atom. The van der Waals surface area contributed by atoms with Gasteiger partial charge in [-0.3, -0.25) is 4.79 Å². The first kappa shape index (κ1) is 14.7. The van der Waals surface area contributed by atoms with Gasteiger partial charge in [-0.2, -0.15) is 0 Å². The number of para-hydroxylation sites is 1. The van der Waals surface area contributed by atoms with Crippen molar-refractivity contribution < 1.29 is 24.1 Å². The zero-order valence-electron chi connectivity index (χ0n) is 11.6. The topological polar surface area (TPSA) is 65.0 Å². The average Bonchev–Trinajstić information content (AvgIpc) is 2.91. The maximum atomic E-state index is 10.6. The van der Waals surface area contributed by atoms with Crippen LogP contribution in [0.1, 0.15) is 24.8 Å². The minimum Gasteiger partial charge on any atom is -0.493 e. The Morgan fingerprint density at radius 3 is 3.00 bits per heavy atom. The lowest BCUT2D eigenvalue weighted by Gasteiger charge is -2.17. The van der Waals surface area contributed by atoms with Gasteiger partial charge < -0.3 is 19.3 Å². The third kappa shape index (κ3) is 3.87. The van der Waals surface area contributed by atoms with Crippen molar-refractivity contribution in [3.8, 4) is 11.5 Å². The number of carbonyl (C=O) groups is 1. The first-order chi connectivity index (χ1) is 9.70. The summed E-state index contributed by atoms with van der Waals surface area (Å²) in [4.78, 5) is 10.6. The number of hydrogen-bond donors (Lipinski definition) is 1. The molecule has 0 saturated carbocycles. The molecule has 110 valence electrons. The molecule has 1 saturated heterocycles. The van der Waals surface area contributed by atoms with E-state index in [-0.39, 0.29) is 12.5 Å². The monoisotopic (exact) mass is 280 g/mol. The summed E-state index contributed by atoms with van der Waals surface area (Å²) in [5, 5.41) is 8.69. The summed E-state index contributed by atoms with van der Waals surface area (Å²) in [5.74, 6) is 0.625. The van der Waals surface area contributed by atoms with E-state index >= 15 is 0 Å². The number of benzene rings is 1. The van der Waals surface area contributed by atoms with Gasteiger partial charge in [-0.25, -0.2) is 0 Å². The van der Waals surface area contributed by atoms with Crippen LogP contribution in [-0.2, 0) is 16.0 Å². The highest BCUT2D eigenvalue weighted by molar-refractivity contribution is 5.66.